The quantitative estimate of drug-likeness (QED) is 0.817. The summed E-state index contributed by atoms with van der Waals surface area (Å²) in [6, 6.07) is 0. The van der Waals surface area contributed by atoms with Crippen molar-refractivity contribution in [3.63, 3.8) is 0 Å². The zero-order valence-electron chi connectivity index (χ0n) is 12.5. The van der Waals surface area contributed by atoms with Crippen LogP contribution in [-0.4, -0.2) is 42.2 Å². The van der Waals surface area contributed by atoms with E-state index >= 15 is 0 Å². The standard InChI is InChI=1S/C14H22N4O3/c1-3-20-13-11(15)12(16-9-17-13)18-7-5-6-10(8-18)14(19)21-4-2/h9-10H,3-8,15H2,1-2H3. The number of carbonyl (C=O) groups is 1. The first-order valence-electron chi connectivity index (χ1n) is 7.32. The van der Waals surface area contributed by atoms with Crippen LogP contribution in [0.3, 0.4) is 0 Å². The van der Waals surface area contributed by atoms with E-state index in [0.29, 0.717) is 37.1 Å². The number of carbonyl (C=O) groups excluding carboxylic acids is 1. The summed E-state index contributed by atoms with van der Waals surface area (Å²) in [5, 5.41) is 0. The first-order chi connectivity index (χ1) is 10.2. The van der Waals surface area contributed by atoms with Gasteiger partial charge in [0.05, 0.1) is 19.1 Å². The highest BCUT2D eigenvalue weighted by molar-refractivity contribution is 5.75. The number of rotatable bonds is 5. The smallest absolute Gasteiger partial charge is 0.310 e. The fraction of sp³-hybridized carbons (Fsp3) is 0.643. The molecule has 1 fully saturated rings. The zero-order chi connectivity index (χ0) is 15.2. The maximum Gasteiger partial charge on any atom is 0.310 e. The zero-order valence-corrected chi connectivity index (χ0v) is 12.5. The largest absolute Gasteiger partial charge is 0.476 e. The second-order valence-electron chi connectivity index (χ2n) is 4.89. The molecule has 7 nitrogen and oxygen atoms in total. The van der Waals surface area contributed by atoms with Gasteiger partial charge in [-0.25, -0.2) is 4.98 Å². The molecule has 0 aromatic carbocycles. The van der Waals surface area contributed by atoms with Crippen LogP contribution in [0.5, 0.6) is 5.88 Å². The Labute approximate surface area is 124 Å². The summed E-state index contributed by atoms with van der Waals surface area (Å²) in [6.07, 6.45) is 3.17. The van der Waals surface area contributed by atoms with Gasteiger partial charge in [-0.1, -0.05) is 0 Å². The molecule has 2 N–H and O–H groups in total. The summed E-state index contributed by atoms with van der Waals surface area (Å²) in [5.74, 6) is 0.728. The van der Waals surface area contributed by atoms with Crippen molar-refractivity contribution in [2.45, 2.75) is 26.7 Å². The van der Waals surface area contributed by atoms with Gasteiger partial charge >= 0.3 is 5.97 Å². The molecule has 1 saturated heterocycles. The van der Waals surface area contributed by atoms with Crippen LogP contribution in [0.2, 0.25) is 0 Å². The number of ether oxygens (including phenoxy) is 2. The minimum atomic E-state index is -0.153. The van der Waals surface area contributed by atoms with Crippen molar-refractivity contribution in [1.29, 1.82) is 0 Å². The van der Waals surface area contributed by atoms with E-state index in [4.69, 9.17) is 15.2 Å². The maximum atomic E-state index is 11.9. The van der Waals surface area contributed by atoms with Gasteiger partial charge in [0.2, 0.25) is 5.88 Å². The minimum absolute atomic E-state index is 0.136. The van der Waals surface area contributed by atoms with Crippen LogP contribution in [0.15, 0.2) is 6.33 Å². The summed E-state index contributed by atoms with van der Waals surface area (Å²) >= 11 is 0. The molecule has 7 heteroatoms. The Morgan fingerprint density at radius 3 is 2.95 bits per heavy atom. The topological polar surface area (TPSA) is 90.6 Å². The van der Waals surface area contributed by atoms with Crippen molar-refractivity contribution in [3.8, 4) is 5.88 Å². The minimum Gasteiger partial charge on any atom is -0.476 e. The Kier molecular flexibility index (Phi) is 5.19. The number of anilines is 2. The SMILES string of the molecule is CCOC(=O)C1CCCN(c2ncnc(OCC)c2N)C1. The third-order valence-corrected chi connectivity index (χ3v) is 3.45. The van der Waals surface area contributed by atoms with Crippen molar-refractivity contribution < 1.29 is 14.3 Å². The number of aromatic nitrogens is 2. The highest BCUT2D eigenvalue weighted by atomic mass is 16.5. The number of hydrogen-bond donors (Lipinski definition) is 1. The van der Waals surface area contributed by atoms with Crippen molar-refractivity contribution in [2.24, 2.45) is 5.92 Å². The fourth-order valence-electron chi connectivity index (χ4n) is 2.50. The molecule has 0 spiro atoms. The van der Waals surface area contributed by atoms with Crippen molar-refractivity contribution in [3.05, 3.63) is 6.33 Å². The van der Waals surface area contributed by atoms with Crippen LogP contribution in [0.4, 0.5) is 11.5 Å². The second-order valence-corrected chi connectivity index (χ2v) is 4.89. The van der Waals surface area contributed by atoms with Gasteiger partial charge in [0.15, 0.2) is 5.82 Å². The molecule has 0 aliphatic carbocycles. The molecule has 1 unspecified atom stereocenters. The van der Waals surface area contributed by atoms with Gasteiger partial charge in [-0.05, 0) is 26.7 Å². The van der Waals surface area contributed by atoms with E-state index in [2.05, 4.69) is 9.97 Å². The van der Waals surface area contributed by atoms with E-state index in [0.717, 1.165) is 19.4 Å². The van der Waals surface area contributed by atoms with Crippen LogP contribution in [0.1, 0.15) is 26.7 Å². The number of nitrogens with zero attached hydrogens (tertiary/aromatic N) is 3. The summed E-state index contributed by atoms with van der Waals surface area (Å²) in [5.41, 5.74) is 6.49. The predicted octanol–water partition coefficient (Wildman–Crippen LogP) is 1.24. The van der Waals surface area contributed by atoms with Crippen LogP contribution >= 0.6 is 0 Å². The lowest BCUT2D eigenvalue weighted by atomic mass is 9.98. The Morgan fingerprint density at radius 2 is 2.24 bits per heavy atom. The molecule has 1 aliphatic rings. The van der Waals surface area contributed by atoms with Gasteiger partial charge in [-0.3, -0.25) is 4.79 Å². The van der Waals surface area contributed by atoms with Gasteiger partial charge in [0.1, 0.15) is 12.0 Å². The summed E-state index contributed by atoms with van der Waals surface area (Å²) < 4.78 is 10.5. The van der Waals surface area contributed by atoms with Gasteiger partial charge in [-0.15, -0.1) is 0 Å². The third-order valence-electron chi connectivity index (χ3n) is 3.45. The number of piperidine rings is 1. The van der Waals surface area contributed by atoms with Gasteiger partial charge in [-0.2, -0.15) is 4.98 Å². The van der Waals surface area contributed by atoms with Gasteiger partial charge in [0.25, 0.3) is 0 Å². The van der Waals surface area contributed by atoms with Crippen molar-refractivity contribution in [2.75, 3.05) is 36.9 Å². The monoisotopic (exact) mass is 294 g/mol. The Bertz CT molecular complexity index is 495. The van der Waals surface area contributed by atoms with E-state index in [1.807, 2.05) is 18.7 Å². The first kappa shape index (κ1) is 15.3. The molecule has 0 radical (unpaired) electrons. The average Bonchev–Trinajstić information content (AvgIpc) is 2.50. The molecule has 0 saturated carbocycles. The molecule has 116 valence electrons. The second kappa shape index (κ2) is 7.10. The van der Waals surface area contributed by atoms with E-state index in [1.54, 1.807) is 0 Å². The number of nitrogen functional groups attached to an aromatic ring is 1. The van der Waals surface area contributed by atoms with E-state index < -0.39 is 0 Å². The van der Waals surface area contributed by atoms with Gasteiger partial charge in [0, 0.05) is 13.1 Å². The molecule has 2 heterocycles. The number of nitrogens with two attached hydrogens (primary N) is 1. The van der Waals surface area contributed by atoms with Crippen LogP contribution in [-0.2, 0) is 9.53 Å². The predicted molar refractivity (Wildman–Crippen MR) is 79.2 cm³/mol. The molecule has 1 aromatic rings. The normalized spacial score (nSPS) is 18.4. The van der Waals surface area contributed by atoms with Crippen molar-refractivity contribution >= 4 is 17.5 Å². The molecule has 21 heavy (non-hydrogen) atoms. The third kappa shape index (κ3) is 3.53. The molecule has 1 aliphatic heterocycles. The Hall–Kier alpha value is -2.05. The highest BCUT2D eigenvalue weighted by Crippen LogP contribution is 2.31. The molecule has 1 atom stereocenters. The van der Waals surface area contributed by atoms with Crippen LogP contribution < -0.4 is 15.4 Å². The van der Waals surface area contributed by atoms with Crippen LogP contribution in [0.25, 0.3) is 0 Å². The lowest BCUT2D eigenvalue weighted by Crippen LogP contribution is -2.40. The molecule has 0 amide bonds. The lowest BCUT2D eigenvalue weighted by molar-refractivity contribution is -0.148. The lowest BCUT2D eigenvalue weighted by Gasteiger charge is -2.33. The average molecular weight is 294 g/mol. The van der Waals surface area contributed by atoms with E-state index in [1.165, 1.54) is 6.33 Å². The first-order valence-corrected chi connectivity index (χ1v) is 7.32. The van der Waals surface area contributed by atoms with E-state index in [9.17, 15) is 4.79 Å². The Balaban J connectivity index is 2.14. The summed E-state index contributed by atoms with van der Waals surface area (Å²) in [7, 11) is 0. The Morgan fingerprint density at radius 1 is 1.43 bits per heavy atom. The summed E-state index contributed by atoms with van der Waals surface area (Å²) in [6.45, 7) is 5.95. The molecule has 1 aromatic heterocycles. The molecule has 0 bridgehead atoms. The highest BCUT2D eigenvalue weighted by Gasteiger charge is 2.29. The maximum absolute atomic E-state index is 11.9. The molecule has 2 rings (SSSR count). The molecular weight excluding hydrogens is 272 g/mol. The number of hydrogen-bond acceptors (Lipinski definition) is 7. The van der Waals surface area contributed by atoms with Crippen LogP contribution in [0, 0.1) is 5.92 Å². The van der Waals surface area contributed by atoms with E-state index in [-0.39, 0.29) is 11.9 Å². The fourth-order valence-corrected chi connectivity index (χ4v) is 2.50. The van der Waals surface area contributed by atoms with Gasteiger partial charge < -0.3 is 20.1 Å². The molecular formula is C14H22N4O3. The number of esters is 1. The van der Waals surface area contributed by atoms with Crippen molar-refractivity contribution in [1.82, 2.24) is 9.97 Å². The summed E-state index contributed by atoms with van der Waals surface area (Å²) in [4.78, 5) is 22.2.